The molecule has 3 heteroatoms. The van der Waals surface area contributed by atoms with Gasteiger partial charge in [0.25, 0.3) is 0 Å². The lowest BCUT2D eigenvalue weighted by Gasteiger charge is -2.14. The Morgan fingerprint density at radius 1 is 1.29 bits per heavy atom. The number of aliphatic imine (C=N–C) groups is 1. The van der Waals surface area contributed by atoms with E-state index in [0.717, 1.165) is 38.3 Å². The van der Waals surface area contributed by atoms with Gasteiger partial charge in [-0.25, -0.2) is 0 Å². The number of aryl methyl sites for hydroxylation is 1. The van der Waals surface area contributed by atoms with Gasteiger partial charge in [-0.2, -0.15) is 0 Å². The van der Waals surface area contributed by atoms with Crippen molar-refractivity contribution >= 4 is 11.5 Å². The summed E-state index contributed by atoms with van der Waals surface area (Å²) in [6.45, 7) is 7.12. The standard InChI is InChI=1S/C14H21N3/c1-3-11-6-5-7-13(12(11)4-2)17-10-14-15-8-9-16-14/h5-7,17H,3-4,8-10H2,1-2H3,(H,15,16). The van der Waals surface area contributed by atoms with E-state index < -0.39 is 0 Å². The molecule has 0 unspecified atom stereocenters. The Morgan fingerprint density at radius 2 is 2.18 bits per heavy atom. The van der Waals surface area contributed by atoms with Crippen LogP contribution in [-0.2, 0) is 12.8 Å². The van der Waals surface area contributed by atoms with E-state index in [0.29, 0.717) is 0 Å². The predicted molar refractivity (Wildman–Crippen MR) is 74.0 cm³/mol. The summed E-state index contributed by atoms with van der Waals surface area (Å²) in [7, 11) is 0. The molecule has 0 bridgehead atoms. The van der Waals surface area contributed by atoms with Gasteiger partial charge < -0.3 is 10.6 Å². The van der Waals surface area contributed by atoms with Gasteiger partial charge >= 0.3 is 0 Å². The highest BCUT2D eigenvalue weighted by atomic mass is 15.1. The van der Waals surface area contributed by atoms with E-state index in [2.05, 4.69) is 47.7 Å². The smallest absolute Gasteiger partial charge is 0.116 e. The van der Waals surface area contributed by atoms with Gasteiger partial charge in [-0.05, 0) is 30.0 Å². The van der Waals surface area contributed by atoms with Crippen LogP contribution in [0, 0.1) is 0 Å². The first kappa shape index (κ1) is 12.0. The first-order valence-electron chi connectivity index (χ1n) is 6.47. The van der Waals surface area contributed by atoms with Crippen molar-refractivity contribution in [2.24, 2.45) is 4.99 Å². The van der Waals surface area contributed by atoms with E-state index in [-0.39, 0.29) is 0 Å². The predicted octanol–water partition coefficient (Wildman–Crippen LogP) is 2.22. The second-order valence-corrected chi connectivity index (χ2v) is 4.26. The number of nitrogens with one attached hydrogen (secondary N) is 2. The van der Waals surface area contributed by atoms with Crippen LogP contribution < -0.4 is 10.6 Å². The van der Waals surface area contributed by atoms with Crippen LogP contribution in [0.15, 0.2) is 23.2 Å². The number of hydrogen-bond acceptors (Lipinski definition) is 3. The van der Waals surface area contributed by atoms with Crippen molar-refractivity contribution < 1.29 is 0 Å². The van der Waals surface area contributed by atoms with E-state index >= 15 is 0 Å². The van der Waals surface area contributed by atoms with Crippen LogP contribution in [0.25, 0.3) is 0 Å². The van der Waals surface area contributed by atoms with Crippen molar-refractivity contribution in [2.45, 2.75) is 26.7 Å². The Balaban J connectivity index is 2.08. The van der Waals surface area contributed by atoms with Crippen LogP contribution in [0.2, 0.25) is 0 Å². The van der Waals surface area contributed by atoms with Gasteiger partial charge in [-0.3, -0.25) is 4.99 Å². The number of nitrogens with zero attached hydrogens (tertiary/aromatic N) is 1. The van der Waals surface area contributed by atoms with E-state index in [9.17, 15) is 0 Å². The zero-order valence-corrected chi connectivity index (χ0v) is 10.7. The Labute approximate surface area is 103 Å². The van der Waals surface area contributed by atoms with Crippen LogP contribution in [0.4, 0.5) is 5.69 Å². The second-order valence-electron chi connectivity index (χ2n) is 4.26. The molecule has 0 aliphatic carbocycles. The maximum atomic E-state index is 4.39. The fourth-order valence-corrected chi connectivity index (χ4v) is 2.29. The molecule has 0 amide bonds. The molecule has 2 rings (SSSR count). The number of hydrogen-bond donors (Lipinski definition) is 2. The molecular formula is C14H21N3. The minimum absolute atomic E-state index is 0.806. The third-order valence-electron chi connectivity index (χ3n) is 3.20. The molecule has 0 saturated heterocycles. The van der Waals surface area contributed by atoms with Crippen LogP contribution in [0.1, 0.15) is 25.0 Å². The molecule has 0 spiro atoms. The Morgan fingerprint density at radius 3 is 2.82 bits per heavy atom. The fraction of sp³-hybridized carbons (Fsp3) is 0.500. The Kier molecular flexibility index (Phi) is 4.02. The SMILES string of the molecule is CCc1cccc(NCC2=NCCN2)c1CC. The van der Waals surface area contributed by atoms with E-state index in [4.69, 9.17) is 0 Å². The summed E-state index contributed by atoms with van der Waals surface area (Å²) in [5.41, 5.74) is 4.13. The molecule has 0 fully saturated rings. The summed E-state index contributed by atoms with van der Waals surface area (Å²) in [5.74, 6) is 1.08. The van der Waals surface area contributed by atoms with Gasteiger partial charge in [0.05, 0.1) is 13.1 Å². The number of benzene rings is 1. The topological polar surface area (TPSA) is 36.4 Å². The molecule has 17 heavy (non-hydrogen) atoms. The molecule has 0 aromatic heterocycles. The highest BCUT2D eigenvalue weighted by molar-refractivity contribution is 5.87. The Hall–Kier alpha value is -1.51. The average Bonchev–Trinajstić information content (AvgIpc) is 2.88. The van der Waals surface area contributed by atoms with Crippen molar-refractivity contribution in [2.75, 3.05) is 25.0 Å². The molecule has 0 atom stereocenters. The maximum Gasteiger partial charge on any atom is 0.116 e. The molecule has 1 aromatic carbocycles. The molecule has 1 aromatic rings. The minimum atomic E-state index is 0.806. The molecule has 3 nitrogen and oxygen atoms in total. The van der Waals surface area contributed by atoms with Gasteiger partial charge in [0.2, 0.25) is 0 Å². The molecule has 0 radical (unpaired) electrons. The van der Waals surface area contributed by atoms with Crippen LogP contribution in [0.5, 0.6) is 0 Å². The summed E-state index contributed by atoms with van der Waals surface area (Å²) in [4.78, 5) is 4.39. The van der Waals surface area contributed by atoms with Gasteiger partial charge in [-0.1, -0.05) is 26.0 Å². The molecule has 0 saturated carbocycles. The zero-order valence-electron chi connectivity index (χ0n) is 10.7. The van der Waals surface area contributed by atoms with Gasteiger partial charge in [-0.15, -0.1) is 0 Å². The summed E-state index contributed by atoms with van der Waals surface area (Å²) in [5, 5.41) is 6.77. The number of anilines is 1. The lowest BCUT2D eigenvalue weighted by molar-refractivity contribution is 0.955. The zero-order chi connectivity index (χ0) is 12.1. The van der Waals surface area contributed by atoms with Crippen LogP contribution >= 0.6 is 0 Å². The third-order valence-corrected chi connectivity index (χ3v) is 3.20. The third kappa shape index (κ3) is 2.78. The van der Waals surface area contributed by atoms with Crippen molar-refractivity contribution in [1.29, 1.82) is 0 Å². The number of amidine groups is 1. The summed E-state index contributed by atoms with van der Waals surface area (Å²) in [6.07, 6.45) is 2.17. The first-order chi connectivity index (χ1) is 8.35. The fourth-order valence-electron chi connectivity index (χ4n) is 2.29. The van der Waals surface area contributed by atoms with Gasteiger partial charge in [0.1, 0.15) is 5.84 Å². The summed E-state index contributed by atoms with van der Waals surface area (Å²) < 4.78 is 0. The van der Waals surface area contributed by atoms with Gasteiger partial charge in [0, 0.05) is 12.2 Å². The lowest BCUT2D eigenvalue weighted by Crippen LogP contribution is -2.26. The monoisotopic (exact) mass is 231 g/mol. The second kappa shape index (κ2) is 5.71. The lowest BCUT2D eigenvalue weighted by atomic mass is 10.0. The molecular weight excluding hydrogens is 210 g/mol. The molecule has 1 aliphatic rings. The van der Waals surface area contributed by atoms with Crippen LogP contribution in [-0.4, -0.2) is 25.5 Å². The molecule has 92 valence electrons. The van der Waals surface area contributed by atoms with Crippen LogP contribution in [0.3, 0.4) is 0 Å². The average molecular weight is 231 g/mol. The minimum Gasteiger partial charge on any atom is -0.378 e. The van der Waals surface area contributed by atoms with Crippen molar-refractivity contribution in [3.8, 4) is 0 Å². The number of rotatable bonds is 5. The molecule has 2 N–H and O–H groups in total. The Bertz CT molecular complexity index is 410. The molecule has 1 aliphatic heterocycles. The highest BCUT2D eigenvalue weighted by Crippen LogP contribution is 2.21. The largest absolute Gasteiger partial charge is 0.378 e. The van der Waals surface area contributed by atoms with E-state index in [1.54, 1.807) is 0 Å². The summed E-state index contributed by atoms with van der Waals surface area (Å²) in [6, 6.07) is 6.51. The van der Waals surface area contributed by atoms with E-state index in [1.807, 2.05) is 0 Å². The van der Waals surface area contributed by atoms with Crippen molar-refractivity contribution in [3.05, 3.63) is 29.3 Å². The summed E-state index contributed by atoms with van der Waals surface area (Å²) >= 11 is 0. The van der Waals surface area contributed by atoms with Gasteiger partial charge in [0.15, 0.2) is 0 Å². The maximum absolute atomic E-state index is 4.39. The quantitative estimate of drug-likeness (QED) is 0.815. The normalized spacial score (nSPS) is 14.4. The first-order valence-corrected chi connectivity index (χ1v) is 6.47. The molecule has 1 heterocycles. The van der Waals surface area contributed by atoms with Crippen molar-refractivity contribution in [3.63, 3.8) is 0 Å². The van der Waals surface area contributed by atoms with E-state index in [1.165, 1.54) is 16.8 Å². The van der Waals surface area contributed by atoms with Crippen molar-refractivity contribution in [1.82, 2.24) is 5.32 Å². The highest BCUT2D eigenvalue weighted by Gasteiger charge is 2.07.